The van der Waals surface area contributed by atoms with Gasteiger partial charge in [-0.05, 0) is 29.9 Å². The fraction of sp³-hybridized carbons (Fsp3) is 0.455. The molecule has 2 aromatic rings. The van der Waals surface area contributed by atoms with Crippen LogP contribution in [0.25, 0.3) is 11.1 Å². The van der Waals surface area contributed by atoms with E-state index in [-0.39, 0.29) is 12.3 Å². The number of benzene rings is 1. The monoisotopic (exact) mass is 444 g/mol. The third kappa shape index (κ3) is 8.15. The van der Waals surface area contributed by atoms with E-state index in [1.807, 2.05) is 45.0 Å². The van der Waals surface area contributed by atoms with E-state index in [2.05, 4.69) is 20.0 Å². The molecule has 8 nitrogen and oxygen atoms in total. The Morgan fingerprint density at radius 3 is 2.35 bits per heavy atom. The summed E-state index contributed by atoms with van der Waals surface area (Å²) >= 11 is 0. The summed E-state index contributed by atoms with van der Waals surface area (Å²) in [6, 6.07) is 5.43. The van der Waals surface area contributed by atoms with Crippen LogP contribution in [0.4, 0.5) is 0 Å². The summed E-state index contributed by atoms with van der Waals surface area (Å²) < 4.78 is 4.16. The van der Waals surface area contributed by atoms with Gasteiger partial charge in [0.25, 0.3) is 0 Å². The van der Waals surface area contributed by atoms with Crippen molar-refractivity contribution in [3.63, 3.8) is 0 Å². The minimum absolute atomic E-state index is 0.127. The number of carboxylic acid groups (broad SMARTS) is 1. The van der Waals surface area contributed by atoms with Gasteiger partial charge in [0.05, 0.1) is 0 Å². The number of carboxylic acids is 1. The molecular formula is C22H29N4O4P. The molecule has 9 heteroatoms. The molecule has 0 radical (unpaired) electrons. The molecule has 1 aromatic heterocycles. The van der Waals surface area contributed by atoms with E-state index in [1.165, 1.54) is 6.33 Å². The maximum Gasteiger partial charge on any atom is 0.326 e. The third-order valence-corrected chi connectivity index (χ3v) is 5.95. The Bertz CT molecular complexity index is 888. The second kappa shape index (κ2) is 12.2. The first-order valence-electron chi connectivity index (χ1n) is 10.3. The van der Waals surface area contributed by atoms with Gasteiger partial charge in [-0.15, -0.1) is 4.74 Å². The van der Waals surface area contributed by atoms with E-state index in [1.54, 1.807) is 12.4 Å². The molecule has 1 aromatic carbocycles. The number of carbonyl (C=O) groups excluding carboxylic acids is 1. The summed E-state index contributed by atoms with van der Waals surface area (Å²) in [6.45, 7) is 5.78. The number of aliphatic carboxylic acids is 1. The highest BCUT2D eigenvalue weighted by molar-refractivity contribution is 7.39. The van der Waals surface area contributed by atoms with Gasteiger partial charge < -0.3 is 15.3 Å². The number of nitrogens with one attached hydrogen (secondary N) is 1. The lowest BCUT2D eigenvalue weighted by Crippen LogP contribution is -2.46. The quantitative estimate of drug-likeness (QED) is 0.513. The van der Waals surface area contributed by atoms with E-state index in [9.17, 15) is 19.6 Å². The van der Waals surface area contributed by atoms with Crippen LogP contribution in [0, 0.1) is 5.92 Å². The molecule has 2 rings (SSSR count). The Kier molecular flexibility index (Phi) is 9.69. The zero-order chi connectivity index (χ0) is 22.8. The van der Waals surface area contributed by atoms with Gasteiger partial charge >= 0.3 is 5.97 Å². The minimum Gasteiger partial charge on any atom is -0.612 e. The van der Waals surface area contributed by atoms with Crippen LogP contribution in [0.3, 0.4) is 0 Å². The molecule has 3 atom stereocenters. The van der Waals surface area contributed by atoms with Gasteiger partial charge in [-0.25, -0.2) is 14.8 Å². The Morgan fingerprint density at radius 2 is 1.81 bits per heavy atom. The smallest absolute Gasteiger partial charge is 0.326 e. The van der Waals surface area contributed by atoms with Gasteiger partial charge in [-0.3, -0.25) is 4.79 Å². The summed E-state index contributed by atoms with van der Waals surface area (Å²) in [7, 11) is -1.84. The van der Waals surface area contributed by atoms with Gasteiger partial charge in [-0.1, -0.05) is 45.0 Å². The van der Waals surface area contributed by atoms with Gasteiger partial charge in [0.2, 0.25) is 5.91 Å². The molecule has 31 heavy (non-hydrogen) atoms. The number of rotatable bonds is 11. The SMILES string of the molecule is CCC[P+]([O-])=N[C@@H](CC(C)C)C(=O)N[C@@H](Cc1ccc(-c2cncnc2)cc1)C(=O)O. The highest BCUT2D eigenvalue weighted by atomic mass is 31.1. The van der Waals surface area contributed by atoms with Crippen molar-refractivity contribution in [1.82, 2.24) is 15.3 Å². The average molecular weight is 444 g/mol. The van der Waals surface area contributed by atoms with Crippen LogP contribution >= 0.6 is 7.94 Å². The molecule has 0 bridgehead atoms. The Morgan fingerprint density at radius 1 is 1.16 bits per heavy atom. The normalized spacial score (nSPS) is 13.6. The molecular weight excluding hydrogens is 415 g/mol. The van der Waals surface area contributed by atoms with Crippen molar-refractivity contribution in [2.24, 2.45) is 10.7 Å². The fourth-order valence-corrected chi connectivity index (χ4v) is 4.05. The molecule has 0 fully saturated rings. The predicted molar refractivity (Wildman–Crippen MR) is 118 cm³/mol. The van der Waals surface area contributed by atoms with Crippen LogP contribution in [0.1, 0.15) is 39.2 Å². The van der Waals surface area contributed by atoms with Crippen molar-refractivity contribution in [3.05, 3.63) is 48.5 Å². The lowest BCUT2D eigenvalue weighted by Gasteiger charge is -2.18. The van der Waals surface area contributed by atoms with Crippen LogP contribution in [-0.4, -0.2) is 45.2 Å². The molecule has 0 saturated heterocycles. The molecule has 0 spiro atoms. The zero-order valence-electron chi connectivity index (χ0n) is 18.1. The number of hydrogen-bond donors (Lipinski definition) is 2. The van der Waals surface area contributed by atoms with Crippen LogP contribution in [-0.2, 0) is 16.0 Å². The maximum atomic E-state index is 12.8. The zero-order valence-corrected chi connectivity index (χ0v) is 19.0. The number of amides is 1. The van der Waals surface area contributed by atoms with Crippen molar-refractivity contribution in [2.75, 3.05) is 6.16 Å². The number of nitrogens with zero attached hydrogens (tertiary/aromatic N) is 3. The molecule has 1 heterocycles. The first kappa shape index (κ1) is 24.6. The molecule has 1 amide bonds. The van der Waals surface area contributed by atoms with Crippen molar-refractivity contribution >= 4 is 19.8 Å². The average Bonchev–Trinajstić information content (AvgIpc) is 2.73. The van der Waals surface area contributed by atoms with E-state index < -0.39 is 31.9 Å². The second-order valence-electron chi connectivity index (χ2n) is 7.76. The number of aromatic nitrogens is 2. The van der Waals surface area contributed by atoms with Crippen molar-refractivity contribution in [2.45, 2.75) is 52.1 Å². The lowest BCUT2D eigenvalue weighted by molar-refractivity contribution is -0.156. The summed E-state index contributed by atoms with van der Waals surface area (Å²) in [6.07, 6.45) is 6.51. The molecule has 0 aliphatic rings. The summed E-state index contributed by atoms with van der Waals surface area (Å²) in [4.78, 5) is 44.6. The summed E-state index contributed by atoms with van der Waals surface area (Å²) in [5.41, 5.74) is 2.54. The topological polar surface area (TPSA) is 128 Å². The Hall–Kier alpha value is -2.70. The predicted octanol–water partition coefficient (Wildman–Crippen LogP) is 3.02. The largest absolute Gasteiger partial charge is 0.612 e. The van der Waals surface area contributed by atoms with E-state index in [0.29, 0.717) is 19.0 Å². The second-order valence-corrected chi connectivity index (χ2v) is 9.15. The Balaban J connectivity index is 2.11. The maximum absolute atomic E-state index is 12.8. The standard InChI is InChI=1S/C22H29N4O4P/c1-4-9-31(30)26-19(10-15(2)3)21(27)25-20(22(28)29)11-16-5-7-17(8-6-16)18-12-23-14-24-13-18/h5-8,12-15,19-20H,4,9-11H2,1-3H3,(H,25,27)(H,28,29)/t19-,20-/m0/s1. The minimum atomic E-state index is -1.84. The summed E-state index contributed by atoms with van der Waals surface area (Å²) in [5.74, 6) is -1.48. The number of hydrogen-bond acceptors (Lipinski definition) is 6. The van der Waals surface area contributed by atoms with Crippen molar-refractivity contribution in [1.29, 1.82) is 0 Å². The van der Waals surface area contributed by atoms with Crippen LogP contribution < -0.4 is 10.2 Å². The van der Waals surface area contributed by atoms with Crippen LogP contribution in [0.5, 0.6) is 0 Å². The fourth-order valence-electron chi connectivity index (χ4n) is 3.04. The molecule has 2 N–H and O–H groups in total. The lowest BCUT2D eigenvalue weighted by atomic mass is 10.0. The molecule has 166 valence electrons. The van der Waals surface area contributed by atoms with Gasteiger partial charge in [0, 0.05) is 24.4 Å². The van der Waals surface area contributed by atoms with E-state index >= 15 is 0 Å². The highest BCUT2D eigenvalue weighted by Crippen LogP contribution is 2.22. The number of carbonyl (C=O) groups is 2. The van der Waals surface area contributed by atoms with E-state index in [4.69, 9.17) is 0 Å². The molecule has 0 aliphatic carbocycles. The molecule has 1 unspecified atom stereocenters. The van der Waals surface area contributed by atoms with Gasteiger partial charge in [0.1, 0.15) is 18.5 Å². The Labute approximate surface area is 183 Å². The first-order chi connectivity index (χ1) is 14.8. The van der Waals surface area contributed by atoms with Crippen molar-refractivity contribution < 1.29 is 19.6 Å². The molecule has 0 aliphatic heterocycles. The van der Waals surface area contributed by atoms with Crippen molar-refractivity contribution in [3.8, 4) is 11.1 Å². The summed E-state index contributed by atoms with van der Waals surface area (Å²) in [5, 5.41) is 12.2. The van der Waals surface area contributed by atoms with Gasteiger partial charge in [0.15, 0.2) is 14.0 Å². The molecule has 0 saturated carbocycles. The van der Waals surface area contributed by atoms with Gasteiger partial charge in [-0.2, -0.15) is 0 Å². The highest BCUT2D eigenvalue weighted by Gasteiger charge is 2.27. The third-order valence-electron chi connectivity index (χ3n) is 4.58. The van der Waals surface area contributed by atoms with Crippen LogP contribution in [0.15, 0.2) is 47.7 Å². The first-order valence-corrected chi connectivity index (χ1v) is 11.7. The van der Waals surface area contributed by atoms with E-state index in [0.717, 1.165) is 16.7 Å². The van der Waals surface area contributed by atoms with Crippen LogP contribution in [0.2, 0.25) is 0 Å².